The number of hydrogen-bond acceptors (Lipinski definition) is 4. The van der Waals surface area contributed by atoms with Gasteiger partial charge in [-0.25, -0.2) is 9.79 Å². The molecule has 1 aliphatic carbocycles. The predicted octanol–water partition coefficient (Wildman–Crippen LogP) is 4.22. The SMILES string of the molecule is COC(=O)c1ccc(CN=C(N)NC(C)c2ccc(Cl)cc2Cl)nc1C1CC1. The molecule has 28 heavy (non-hydrogen) atoms. The zero-order valence-corrected chi connectivity index (χ0v) is 17.2. The molecule has 8 heteroatoms. The molecular formula is C20H22Cl2N4O2. The molecule has 0 saturated heterocycles. The highest BCUT2D eigenvalue weighted by Gasteiger charge is 2.30. The van der Waals surface area contributed by atoms with Crippen molar-refractivity contribution < 1.29 is 9.53 Å². The number of carbonyl (C=O) groups excluding carboxylic acids is 1. The van der Waals surface area contributed by atoms with Gasteiger partial charge in [-0.2, -0.15) is 0 Å². The van der Waals surface area contributed by atoms with Crippen molar-refractivity contribution in [3.05, 3.63) is 62.9 Å². The van der Waals surface area contributed by atoms with Crippen molar-refractivity contribution in [2.75, 3.05) is 7.11 Å². The molecule has 2 aromatic rings. The number of benzene rings is 1. The van der Waals surface area contributed by atoms with Gasteiger partial charge in [0, 0.05) is 16.0 Å². The molecule has 1 heterocycles. The van der Waals surface area contributed by atoms with Gasteiger partial charge in [0.1, 0.15) is 0 Å². The summed E-state index contributed by atoms with van der Waals surface area (Å²) in [5.41, 5.74) is 8.95. The van der Waals surface area contributed by atoms with Crippen LogP contribution in [-0.2, 0) is 11.3 Å². The molecule has 0 spiro atoms. The van der Waals surface area contributed by atoms with Crippen LogP contribution < -0.4 is 11.1 Å². The van der Waals surface area contributed by atoms with Gasteiger partial charge in [0.25, 0.3) is 0 Å². The van der Waals surface area contributed by atoms with Gasteiger partial charge in [0.15, 0.2) is 5.96 Å². The lowest BCUT2D eigenvalue weighted by molar-refractivity contribution is 0.0598. The third-order valence-corrected chi connectivity index (χ3v) is 5.12. The fraction of sp³-hybridized carbons (Fsp3) is 0.350. The van der Waals surface area contributed by atoms with Gasteiger partial charge >= 0.3 is 5.97 Å². The summed E-state index contributed by atoms with van der Waals surface area (Å²) in [4.78, 5) is 20.9. The molecule has 0 radical (unpaired) electrons. The summed E-state index contributed by atoms with van der Waals surface area (Å²) >= 11 is 12.2. The lowest BCUT2D eigenvalue weighted by Gasteiger charge is -2.16. The fourth-order valence-electron chi connectivity index (χ4n) is 2.92. The number of nitrogens with one attached hydrogen (secondary N) is 1. The van der Waals surface area contributed by atoms with Crippen LogP contribution in [0.2, 0.25) is 10.0 Å². The standard InChI is InChI=1S/C20H22Cl2N4O2/c1-11(15-7-5-13(21)9-17(15)22)25-20(23)24-10-14-6-8-16(19(27)28-2)18(26-14)12-3-4-12/h5-9,11-12H,3-4,10H2,1-2H3,(H3,23,24,25). The number of carbonyl (C=O) groups is 1. The van der Waals surface area contributed by atoms with Gasteiger partial charge in [-0.15, -0.1) is 0 Å². The number of halogens is 2. The molecule has 0 amide bonds. The lowest BCUT2D eigenvalue weighted by atomic mass is 10.1. The van der Waals surface area contributed by atoms with E-state index < -0.39 is 0 Å². The van der Waals surface area contributed by atoms with Crippen molar-refractivity contribution in [2.45, 2.75) is 38.3 Å². The monoisotopic (exact) mass is 420 g/mol. The van der Waals surface area contributed by atoms with Crippen molar-refractivity contribution >= 4 is 35.1 Å². The Labute approximate surface area is 174 Å². The number of guanidine groups is 1. The van der Waals surface area contributed by atoms with E-state index in [9.17, 15) is 4.79 Å². The second-order valence-electron chi connectivity index (χ2n) is 6.73. The van der Waals surface area contributed by atoms with E-state index in [1.54, 1.807) is 24.3 Å². The van der Waals surface area contributed by atoms with Crippen molar-refractivity contribution in [1.29, 1.82) is 0 Å². The predicted molar refractivity (Wildman–Crippen MR) is 111 cm³/mol. The minimum atomic E-state index is -0.362. The third-order valence-electron chi connectivity index (χ3n) is 4.56. The number of nitrogens with zero attached hydrogens (tertiary/aromatic N) is 2. The summed E-state index contributed by atoms with van der Waals surface area (Å²) in [6, 6.07) is 8.71. The van der Waals surface area contributed by atoms with Crippen molar-refractivity contribution in [3.63, 3.8) is 0 Å². The summed E-state index contributed by atoms with van der Waals surface area (Å²) in [5, 5.41) is 4.26. The number of hydrogen-bond donors (Lipinski definition) is 2. The maximum absolute atomic E-state index is 11.9. The van der Waals surface area contributed by atoms with Crippen LogP contribution in [0.5, 0.6) is 0 Å². The lowest BCUT2D eigenvalue weighted by Crippen LogP contribution is -2.34. The third kappa shape index (κ3) is 4.94. The molecule has 6 nitrogen and oxygen atoms in total. The van der Waals surface area contributed by atoms with E-state index in [1.165, 1.54) is 7.11 Å². The number of aromatic nitrogens is 1. The largest absolute Gasteiger partial charge is 0.465 e. The number of methoxy groups -OCH3 is 1. The van der Waals surface area contributed by atoms with E-state index in [4.69, 9.17) is 33.7 Å². The average Bonchev–Trinajstić information content (AvgIpc) is 3.50. The Bertz CT molecular complexity index is 913. The van der Waals surface area contributed by atoms with E-state index in [1.807, 2.05) is 13.0 Å². The second kappa shape index (κ2) is 8.80. The molecule has 1 atom stereocenters. The highest BCUT2D eigenvalue weighted by Crippen LogP contribution is 2.40. The Hall–Kier alpha value is -2.31. The fourth-order valence-corrected chi connectivity index (χ4v) is 3.49. The molecule has 148 valence electrons. The summed E-state index contributed by atoms with van der Waals surface area (Å²) in [6.45, 7) is 2.24. The van der Waals surface area contributed by atoms with Gasteiger partial charge < -0.3 is 15.8 Å². The van der Waals surface area contributed by atoms with Crippen LogP contribution in [0, 0.1) is 0 Å². The minimum Gasteiger partial charge on any atom is -0.465 e. The van der Waals surface area contributed by atoms with E-state index in [2.05, 4.69) is 15.3 Å². The van der Waals surface area contributed by atoms with Gasteiger partial charge in [0.05, 0.1) is 36.6 Å². The van der Waals surface area contributed by atoms with Crippen LogP contribution in [0.4, 0.5) is 0 Å². The number of nitrogens with two attached hydrogens (primary N) is 1. The average molecular weight is 421 g/mol. The molecule has 3 N–H and O–H groups in total. The number of esters is 1. The second-order valence-corrected chi connectivity index (χ2v) is 7.58. The Morgan fingerprint density at radius 2 is 2.11 bits per heavy atom. The molecule has 1 aromatic carbocycles. The smallest absolute Gasteiger partial charge is 0.339 e. The van der Waals surface area contributed by atoms with Crippen LogP contribution in [0.25, 0.3) is 0 Å². The number of rotatable bonds is 6. The first kappa shape index (κ1) is 20.4. The molecule has 1 aliphatic rings. The van der Waals surface area contributed by atoms with Crippen LogP contribution in [0.3, 0.4) is 0 Å². The van der Waals surface area contributed by atoms with Crippen LogP contribution >= 0.6 is 23.2 Å². The Morgan fingerprint density at radius 1 is 1.36 bits per heavy atom. The highest BCUT2D eigenvalue weighted by atomic mass is 35.5. The molecule has 1 fully saturated rings. The van der Waals surface area contributed by atoms with E-state index >= 15 is 0 Å². The maximum Gasteiger partial charge on any atom is 0.339 e. The molecule has 1 aromatic heterocycles. The quantitative estimate of drug-likeness (QED) is 0.414. The molecule has 0 bridgehead atoms. The number of ether oxygens (including phenoxy) is 1. The molecule has 1 saturated carbocycles. The normalized spacial score (nSPS) is 15.2. The van der Waals surface area contributed by atoms with Crippen LogP contribution in [0.15, 0.2) is 35.3 Å². The highest BCUT2D eigenvalue weighted by molar-refractivity contribution is 6.35. The van der Waals surface area contributed by atoms with Gasteiger partial charge in [-0.05, 0) is 49.6 Å². The summed E-state index contributed by atoms with van der Waals surface area (Å²) in [7, 11) is 1.37. The maximum atomic E-state index is 11.9. The molecule has 1 unspecified atom stereocenters. The Morgan fingerprint density at radius 3 is 2.75 bits per heavy atom. The Kier molecular flexibility index (Phi) is 6.42. The van der Waals surface area contributed by atoms with Gasteiger partial charge in [-0.3, -0.25) is 4.98 Å². The van der Waals surface area contributed by atoms with Gasteiger partial charge in [0.2, 0.25) is 0 Å². The van der Waals surface area contributed by atoms with Crippen LogP contribution in [-0.4, -0.2) is 24.0 Å². The van der Waals surface area contributed by atoms with Crippen molar-refractivity contribution in [2.24, 2.45) is 10.7 Å². The van der Waals surface area contributed by atoms with E-state index in [0.29, 0.717) is 28.1 Å². The first-order valence-corrected chi connectivity index (χ1v) is 9.74. The molecule has 0 aliphatic heterocycles. The van der Waals surface area contributed by atoms with E-state index in [-0.39, 0.29) is 18.0 Å². The van der Waals surface area contributed by atoms with Gasteiger partial charge in [-0.1, -0.05) is 29.3 Å². The van der Waals surface area contributed by atoms with Crippen molar-refractivity contribution in [3.8, 4) is 0 Å². The van der Waals surface area contributed by atoms with E-state index in [0.717, 1.165) is 29.8 Å². The summed E-state index contributed by atoms with van der Waals surface area (Å²) in [5.74, 6) is 0.241. The van der Waals surface area contributed by atoms with Crippen molar-refractivity contribution in [1.82, 2.24) is 10.3 Å². The number of pyridine rings is 1. The number of aliphatic imine (C=N–C) groups is 1. The Balaban J connectivity index is 1.69. The minimum absolute atomic E-state index is 0.134. The summed E-state index contributed by atoms with van der Waals surface area (Å²) < 4.78 is 4.84. The molecule has 3 rings (SSSR count). The zero-order chi connectivity index (χ0) is 20.3. The molecular weight excluding hydrogens is 399 g/mol. The topological polar surface area (TPSA) is 89.6 Å². The first-order valence-electron chi connectivity index (χ1n) is 8.98. The zero-order valence-electron chi connectivity index (χ0n) is 15.7. The summed E-state index contributed by atoms with van der Waals surface area (Å²) in [6.07, 6.45) is 2.07. The first-order chi connectivity index (χ1) is 13.4. The van der Waals surface area contributed by atoms with Crippen LogP contribution in [0.1, 0.15) is 59.0 Å².